The maximum atomic E-state index is 14.8. The van der Waals surface area contributed by atoms with Crippen molar-refractivity contribution in [2.24, 2.45) is 0 Å². The van der Waals surface area contributed by atoms with Crippen LogP contribution in [-0.2, 0) is 0 Å². The molecule has 6 nitrogen and oxygen atoms in total. The molecule has 1 fully saturated rings. The third-order valence-corrected chi connectivity index (χ3v) is 5.70. The van der Waals surface area contributed by atoms with Gasteiger partial charge >= 0.3 is 0 Å². The lowest BCUT2D eigenvalue weighted by atomic mass is 10.1. The predicted molar refractivity (Wildman–Crippen MR) is 121 cm³/mol. The minimum Gasteiger partial charge on any atom is -0.353 e. The molecule has 1 N–H and O–H groups in total. The first-order valence-electron chi connectivity index (χ1n) is 10.3. The van der Waals surface area contributed by atoms with Crippen LogP contribution in [0.25, 0.3) is 28.2 Å². The number of hydrogen-bond donors (Lipinski definition) is 1. The van der Waals surface area contributed by atoms with Gasteiger partial charge in [0.05, 0.1) is 11.3 Å². The third kappa shape index (κ3) is 3.75. The number of pyridine rings is 2. The first-order chi connectivity index (χ1) is 15.0. The van der Waals surface area contributed by atoms with E-state index in [1.807, 2.05) is 28.8 Å². The number of nitrogens with one attached hydrogen (secondary N) is 1. The molecule has 1 aromatic carbocycles. The normalized spacial score (nSPS) is 19.2. The standard InChI is InChI=1S/C23H22ClFN6/c1-14-12-30(13-15(2)27-14)21-6-5-20-23(29-21)31(17-7-9-26-10-8-17)22(28-20)18-11-16(24)3-4-19(18)25/h3-11,14-15,27H,12-13H2,1-2H3/t14-,15+. The van der Waals surface area contributed by atoms with Gasteiger partial charge < -0.3 is 10.2 Å². The summed E-state index contributed by atoms with van der Waals surface area (Å²) in [5, 5.41) is 3.99. The summed E-state index contributed by atoms with van der Waals surface area (Å²) in [6.45, 7) is 6.06. The molecule has 0 saturated carbocycles. The third-order valence-electron chi connectivity index (χ3n) is 5.46. The molecular formula is C23H22ClFN6. The number of benzene rings is 1. The van der Waals surface area contributed by atoms with E-state index in [-0.39, 0.29) is 5.82 Å². The second-order valence-electron chi connectivity index (χ2n) is 7.99. The monoisotopic (exact) mass is 436 g/mol. The number of hydrogen-bond acceptors (Lipinski definition) is 5. The predicted octanol–water partition coefficient (Wildman–Crippen LogP) is 4.46. The fourth-order valence-electron chi connectivity index (χ4n) is 4.22. The van der Waals surface area contributed by atoms with Crippen LogP contribution in [0.15, 0.2) is 54.9 Å². The first kappa shape index (κ1) is 19.9. The molecule has 1 saturated heterocycles. The highest BCUT2D eigenvalue weighted by Gasteiger charge is 2.24. The van der Waals surface area contributed by atoms with E-state index in [1.54, 1.807) is 18.5 Å². The number of piperazine rings is 1. The number of nitrogens with zero attached hydrogens (tertiary/aromatic N) is 5. The summed E-state index contributed by atoms with van der Waals surface area (Å²) in [5.74, 6) is 0.939. The minimum absolute atomic E-state index is 0.327. The topological polar surface area (TPSA) is 58.9 Å². The van der Waals surface area contributed by atoms with Gasteiger partial charge in [-0.2, -0.15) is 0 Å². The van der Waals surface area contributed by atoms with Crippen LogP contribution < -0.4 is 10.2 Å². The molecule has 5 rings (SSSR count). The van der Waals surface area contributed by atoms with Gasteiger partial charge in [0.25, 0.3) is 0 Å². The van der Waals surface area contributed by atoms with Gasteiger partial charge in [-0.25, -0.2) is 14.4 Å². The quantitative estimate of drug-likeness (QED) is 0.513. The molecule has 3 aromatic heterocycles. The average molecular weight is 437 g/mol. The van der Waals surface area contributed by atoms with E-state index in [0.29, 0.717) is 39.7 Å². The van der Waals surface area contributed by atoms with E-state index in [1.165, 1.54) is 12.1 Å². The van der Waals surface area contributed by atoms with Gasteiger partial charge in [-0.15, -0.1) is 0 Å². The van der Waals surface area contributed by atoms with Gasteiger partial charge in [0.15, 0.2) is 5.65 Å². The van der Waals surface area contributed by atoms with E-state index >= 15 is 0 Å². The van der Waals surface area contributed by atoms with E-state index in [2.05, 4.69) is 29.0 Å². The molecule has 0 amide bonds. The Morgan fingerprint density at radius 3 is 2.48 bits per heavy atom. The van der Waals surface area contributed by atoms with Gasteiger partial charge in [-0.1, -0.05) is 11.6 Å². The second-order valence-corrected chi connectivity index (χ2v) is 8.42. The van der Waals surface area contributed by atoms with Crippen LogP contribution >= 0.6 is 11.6 Å². The molecular weight excluding hydrogens is 415 g/mol. The fourth-order valence-corrected chi connectivity index (χ4v) is 4.40. The number of rotatable bonds is 3. The lowest BCUT2D eigenvalue weighted by Crippen LogP contribution is -2.54. The van der Waals surface area contributed by atoms with Crippen molar-refractivity contribution in [2.45, 2.75) is 25.9 Å². The van der Waals surface area contributed by atoms with Crippen LogP contribution in [0.3, 0.4) is 0 Å². The van der Waals surface area contributed by atoms with Crippen LogP contribution in [0.4, 0.5) is 10.2 Å². The molecule has 0 radical (unpaired) electrons. The smallest absolute Gasteiger partial charge is 0.167 e. The highest BCUT2D eigenvalue weighted by atomic mass is 35.5. The largest absolute Gasteiger partial charge is 0.353 e. The lowest BCUT2D eigenvalue weighted by molar-refractivity contribution is 0.405. The second kappa shape index (κ2) is 7.90. The van der Waals surface area contributed by atoms with Crippen molar-refractivity contribution >= 4 is 28.6 Å². The molecule has 2 atom stereocenters. The Labute approximate surface area is 184 Å². The molecule has 4 heterocycles. The Bertz CT molecular complexity index is 1230. The zero-order valence-electron chi connectivity index (χ0n) is 17.3. The van der Waals surface area contributed by atoms with Crippen LogP contribution in [0.1, 0.15) is 13.8 Å². The number of aromatic nitrogens is 4. The molecule has 4 aromatic rings. The average Bonchev–Trinajstić information content (AvgIpc) is 3.14. The number of anilines is 1. The van der Waals surface area contributed by atoms with Gasteiger partial charge in [0.2, 0.25) is 0 Å². The van der Waals surface area contributed by atoms with Crippen molar-refractivity contribution < 1.29 is 4.39 Å². The Kier molecular flexibility index (Phi) is 5.08. The molecule has 1 aliphatic heterocycles. The minimum atomic E-state index is -0.389. The Morgan fingerprint density at radius 2 is 1.74 bits per heavy atom. The highest BCUT2D eigenvalue weighted by molar-refractivity contribution is 6.30. The highest BCUT2D eigenvalue weighted by Crippen LogP contribution is 2.32. The van der Waals surface area contributed by atoms with Crippen LogP contribution in [-0.4, -0.2) is 44.7 Å². The maximum absolute atomic E-state index is 14.8. The summed E-state index contributed by atoms with van der Waals surface area (Å²) < 4.78 is 16.6. The summed E-state index contributed by atoms with van der Waals surface area (Å²) in [5.41, 5.74) is 2.48. The Morgan fingerprint density at radius 1 is 1.00 bits per heavy atom. The van der Waals surface area contributed by atoms with E-state index < -0.39 is 0 Å². The molecule has 8 heteroatoms. The number of halogens is 2. The fraction of sp³-hybridized carbons (Fsp3) is 0.261. The Hall–Kier alpha value is -3.03. The van der Waals surface area contributed by atoms with Crippen molar-refractivity contribution in [1.29, 1.82) is 0 Å². The van der Waals surface area contributed by atoms with Crippen LogP contribution in [0, 0.1) is 5.82 Å². The van der Waals surface area contributed by atoms with Gasteiger partial charge in [0, 0.05) is 42.6 Å². The lowest BCUT2D eigenvalue weighted by Gasteiger charge is -2.36. The molecule has 0 unspecified atom stereocenters. The maximum Gasteiger partial charge on any atom is 0.167 e. The molecule has 1 aliphatic rings. The van der Waals surface area contributed by atoms with Gasteiger partial charge in [-0.05, 0) is 56.3 Å². The van der Waals surface area contributed by atoms with Crippen molar-refractivity contribution in [3.63, 3.8) is 0 Å². The first-order valence-corrected chi connectivity index (χ1v) is 10.6. The Balaban J connectivity index is 1.72. The summed E-state index contributed by atoms with van der Waals surface area (Å²) in [6.07, 6.45) is 3.39. The van der Waals surface area contributed by atoms with Crippen LogP contribution in [0.2, 0.25) is 5.02 Å². The summed E-state index contributed by atoms with van der Waals surface area (Å²) in [7, 11) is 0. The summed E-state index contributed by atoms with van der Waals surface area (Å²) in [6, 6.07) is 12.8. The van der Waals surface area contributed by atoms with Gasteiger partial charge in [0.1, 0.15) is 23.0 Å². The molecule has 0 bridgehead atoms. The number of fused-ring (bicyclic) bond motifs is 1. The zero-order valence-corrected chi connectivity index (χ0v) is 18.0. The van der Waals surface area contributed by atoms with Crippen molar-refractivity contribution in [3.8, 4) is 17.1 Å². The molecule has 0 aliphatic carbocycles. The van der Waals surface area contributed by atoms with Crippen molar-refractivity contribution in [3.05, 3.63) is 65.7 Å². The summed E-state index contributed by atoms with van der Waals surface area (Å²) in [4.78, 5) is 16.1. The van der Waals surface area contributed by atoms with Crippen molar-refractivity contribution in [2.75, 3.05) is 18.0 Å². The molecule has 158 valence electrons. The SMILES string of the molecule is C[C@@H]1CN(c2ccc3nc(-c4cc(Cl)ccc4F)n(-c4ccncc4)c3n2)C[C@H](C)N1. The molecule has 31 heavy (non-hydrogen) atoms. The van der Waals surface area contributed by atoms with E-state index in [4.69, 9.17) is 21.6 Å². The van der Waals surface area contributed by atoms with E-state index in [0.717, 1.165) is 24.6 Å². The van der Waals surface area contributed by atoms with Crippen LogP contribution in [0.5, 0.6) is 0 Å². The van der Waals surface area contributed by atoms with Gasteiger partial charge in [-0.3, -0.25) is 9.55 Å². The van der Waals surface area contributed by atoms with E-state index in [9.17, 15) is 4.39 Å². The zero-order chi connectivity index (χ0) is 21.5. The van der Waals surface area contributed by atoms with Crippen molar-refractivity contribution in [1.82, 2.24) is 24.8 Å². The summed E-state index contributed by atoms with van der Waals surface area (Å²) >= 11 is 6.18. The number of imidazole rings is 1. The molecule has 0 spiro atoms.